The zero-order valence-electron chi connectivity index (χ0n) is 14.7. The molecule has 3 rings (SSSR count). The molecule has 1 aromatic heterocycles. The van der Waals surface area contributed by atoms with Crippen molar-refractivity contribution >= 4 is 11.8 Å². The molecule has 2 aromatic rings. The van der Waals surface area contributed by atoms with Crippen LogP contribution in [0.5, 0.6) is 0 Å². The second-order valence-corrected chi connectivity index (χ2v) is 6.81. The van der Waals surface area contributed by atoms with Gasteiger partial charge in [0.1, 0.15) is 0 Å². The van der Waals surface area contributed by atoms with Gasteiger partial charge < -0.3 is 14.6 Å². The quantitative estimate of drug-likeness (QED) is 0.841. The lowest BCUT2D eigenvalue weighted by Crippen LogP contribution is -2.41. The number of carbonyl (C=O) groups excluding carboxylic acids is 2. The van der Waals surface area contributed by atoms with Crippen molar-refractivity contribution in [2.75, 3.05) is 6.54 Å². The van der Waals surface area contributed by atoms with Crippen molar-refractivity contribution in [1.82, 2.24) is 10.2 Å². The molecule has 0 bridgehead atoms. The minimum absolute atomic E-state index is 0.0138. The zero-order valence-corrected chi connectivity index (χ0v) is 14.7. The summed E-state index contributed by atoms with van der Waals surface area (Å²) in [4.78, 5) is 26.3. The highest BCUT2D eigenvalue weighted by Crippen LogP contribution is 2.28. The largest absolute Gasteiger partial charge is 0.459 e. The van der Waals surface area contributed by atoms with Gasteiger partial charge in [0, 0.05) is 12.6 Å². The van der Waals surface area contributed by atoms with Gasteiger partial charge in [0.15, 0.2) is 5.76 Å². The van der Waals surface area contributed by atoms with Gasteiger partial charge in [-0.15, -0.1) is 0 Å². The summed E-state index contributed by atoms with van der Waals surface area (Å²) >= 11 is 0. The smallest absolute Gasteiger partial charge is 0.287 e. The maximum absolute atomic E-state index is 12.6. The summed E-state index contributed by atoms with van der Waals surface area (Å²) in [6, 6.07) is 11.9. The molecule has 1 aromatic carbocycles. The van der Waals surface area contributed by atoms with E-state index in [0.717, 1.165) is 18.4 Å². The third kappa shape index (κ3) is 4.50. The average Bonchev–Trinajstić information content (AvgIpc) is 3.30. The van der Waals surface area contributed by atoms with E-state index in [1.807, 2.05) is 4.90 Å². The lowest BCUT2D eigenvalue weighted by molar-refractivity contribution is -0.131. The van der Waals surface area contributed by atoms with Crippen molar-refractivity contribution in [1.29, 1.82) is 0 Å². The van der Waals surface area contributed by atoms with Crippen molar-refractivity contribution in [2.24, 2.45) is 0 Å². The number of nitrogens with one attached hydrogen (secondary N) is 1. The molecule has 25 heavy (non-hydrogen) atoms. The molecule has 1 aliphatic rings. The monoisotopic (exact) mass is 340 g/mol. The van der Waals surface area contributed by atoms with Gasteiger partial charge in [0.2, 0.25) is 5.91 Å². The van der Waals surface area contributed by atoms with Gasteiger partial charge in [-0.3, -0.25) is 9.59 Å². The standard InChI is InChI=1S/C20H24N2O3/c1-14(2)16-7-5-15(6-8-16)13-22(17-9-10-17)19(23)12-21-20(24)18-4-3-11-25-18/h3-8,11,14,17H,9-10,12-13H2,1-2H3,(H,21,24). The number of hydrogen-bond acceptors (Lipinski definition) is 3. The van der Waals surface area contributed by atoms with Gasteiger partial charge >= 0.3 is 0 Å². The Hall–Kier alpha value is -2.56. The molecular formula is C20H24N2O3. The summed E-state index contributed by atoms with van der Waals surface area (Å²) in [7, 11) is 0. The molecule has 0 radical (unpaired) electrons. The van der Waals surface area contributed by atoms with E-state index in [0.29, 0.717) is 12.5 Å². The normalized spacial score (nSPS) is 13.7. The third-order valence-corrected chi connectivity index (χ3v) is 4.45. The summed E-state index contributed by atoms with van der Waals surface area (Å²) in [5.74, 6) is 0.285. The number of benzene rings is 1. The SMILES string of the molecule is CC(C)c1ccc(CN(C(=O)CNC(=O)c2ccco2)C2CC2)cc1. The minimum Gasteiger partial charge on any atom is -0.459 e. The van der Waals surface area contributed by atoms with Crippen LogP contribution in [0.2, 0.25) is 0 Å². The highest BCUT2D eigenvalue weighted by Gasteiger charge is 2.32. The number of hydrogen-bond donors (Lipinski definition) is 1. The molecule has 5 heteroatoms. The van der Waals surface area contributed by atoms with E-state index >= 15 is 0 Å². The fourth-order valence-electron chi connectivity index (χ4n) is 2.76. The molecule has 0 atom stereocenters. The van der Waals surface area contributed by atoms with Crippen LogP contribution in [0.4, 0.5) is 0 Å². The lowest BCUT2D eigenvalue weighted by atomic mass is 10.0. The first kappa shape index (κ1) is 17.3. The average molecular weight is 340 g/mol. The maximum Gasteiger partial charge on any atom is 0.287 e. The number of rotatable bonds is 7. The Bertz CT molecular complexity index is 716. The molecule has 0 aliphatic heterocycles. The van der Waals surface area contributed by atoms with Crippen molar-refractivity contribution in [3.8, 4) is 0 Å². The minimum atomic E-state index is -0.365. The van der Waals surface area contributed by atoms with Crippen molar-refractivity contribution in [3.63, 3.8) is 0 Å². The predicted octanol–water partition coefficient (Wildman–Crippen LogP) is 3.32. The van der Waals surface area contributed by atoms with Gasteiger partial charge in [0.05, 0.1) is 12.8 Å². The van der Waals surface area contributed by atoms with Crippen LogP contribution in [0.1, 0.15) is 54.3 Å². The fraction of sp³-hybridized carbons (Fsp3) is 0.400. The number of nitrogens with zero attached hydrogens (tertiary/aromatic N) is 1. The number of furan rings is 1. The molecule has 1 heterocycles. The van der Waals surface area contributed by atoms with Gasteiger partial charge in [-0.25, -0.2) is 0 Å². The second kappa shape index (κ2) is 7.55. The van der Waals surface area contributed by atoms with Crippen LogP contribution in [0, 0.1) is 0 Å². The molecule has 5 nitrogen and oxygen atoms in total. The van der Waals surface area contributed by atoms with Crippen LogP contribution in [-0.2, 0) is 11.3 Å². The van der Waals surface area contributed by atoms with Gasteiger partial charge in [-0.2, -0.15) is 0 Å². The molecule has 1 aliphatic carbocycles. The Labute approximate surface area is 148 Å². The van der Waals surface area contributed by atoms with E-state index in [9.17, 15) is 9.59 Å². The zero-order chi connectivity index (χ0) is 17.8. The van der Waals surface area contributed by atoms with Crippen LogP contribution in [0.3, 0.4) is 0 Å². The molecule has 1 saturated carbocycles. The predicted molar refractivity (Wildman–Crippen MR) is 95.1 cm³/mol. The lowest BCUT2D eigenvalue weighted by Gasteiger charge is -2.23. The molecule has 0 spiro atoms. The molecule has 132 valence electrons. The van der Waals surface area contributed by atoms with Crippen LogP contribution in [-0.4, -0.2) is 29.3 Å². The summed E-state index contributed by atoms with van der Waals surface area (Å²) in [6.45, 7) is 4.89. The van der Waals surface area contributed by atoms with E-state index in [-0.39, 0.29) is 30.2 Å². The Balaban J connectivity index is 1.58. The Morgan fingerprint density at radius 2 is 1.92 bits per heavy atom. The Morgan fingerprint density at radius 3 is 2.48 bits per heavy atom. The van der Waals surface area contributed by atoms with Crippen molar-refractivity contribution < 1.29 is 14.0 Å². The van der Waals surface area contributed by atoms with E-state index in [2.05, 4.69) is 43.4 Å². The van der Waals surface area contributed by atoms with Crippen LogP contribution >= 0.6 is 0 Å². The molecule has 0 saturated heterocycles. The van der Waals surface area contributed by atoms with Crippen LogP contribution in [0.15, 0.2) is 47.1 Å². The van der Waals surface area contributed by atoms with E-state index in [1.165, 1.54) is 11.8 Å². The number of carbonyl (C=O) groups is 2. The van der Waals surface area contributed by atoms with Gasteiger partial charge in [0.25, 0.3) is 5.91 Å². The highest BCUT2D eigenvalue weighted by atomic mass is 16.3. The summed E-state index contributed by atoms with van der Waals surface area (Å²) in [5, 5.41) is 2.63. The number of amides is 2. The molecule has 1 fully saturated rings. The third-order valence-electron chi connectivity index (χ3n) is 4.45. The van der Waals surface area contributed by atoms with Gasteiger partial charge in [-0.05, 0) is 42.0 Å². The Morgan fingerprint density at radius 1 is 1.20 bits per heavy atom. The first-order valence-electron chi connectivity index (χ1n) is 8.74. The van der Waals surface area contributed by atoms with E-state index < -0.39 is 0 Å². The highest BCUT2D eigenvalue weighted by molar-refractivity contribution is 5.94. The summed E-state index contributed by atoms with van der Waals surface area (Å²) in [5.41, 5.74) is 2.40. The van der Waals surface area contributed by atoms with E-state index in [1.54, 1.807) is 12.1 Å². The maximum atomic E-state index is 12.6. The summed E-state index contributed by atoms with van der Waals surface area (Å²) in [6.07, 6.45) is 3.50. The van der Waals surface area contributed by atoms with Crippen LogP contribution in [0.25, 0.3) is 0 Å². The molecule has 2 amide bonds. The first-order chi connectivity index (χ1) is 12.0. The second-order valence-electron chi connectivity index (χ2n) is 6.81. The Kier molecular flexibility index (Phi) is 5.22. The molecule has 0 unspecified atom stereocenters. The van der Waals surface area contributed by atoms with Crippen molar-refractivity contribution in [2.45, 2.75) is 45.2 Å². The molecule has 1 N–H and O–H groups in total. The summed E-state index contributed by atoms with van der Waals surface area (Å²) < 4.78 is 5.04. The fourth-order valence-corrected chi connectivity index (χ4v) is 2.76. The van der Waals surface area contributed by atoms with E-state index in [4.69, 9.17) is 4.42 Å². The van der Waals surface area contributed by atoms with Gasteiger partial charge in [-0.1, -0.05) is 38.1 Å². The van der Waals surface area contributed by atoms with Crippen molar-refractivity contribution in [3.05, 3.63) is 59.5 Å². The topological polar surface area (TPSA) is 62.6 Å². The van der Waals surface area contributed by atoms with Crippen LogP contribution < -0.4 is 5.32 Å². The molecular weight excluding hydrogens is 316 g/mol. The first-order valence-corrected chi connectivity index (χ1v) is 8.74.